The maximum Gasteiger partial charge on any atom is 0.172 e. The van der Waals surface area contributed by atoms with E-state index in [-0.39, 0.29) is 11.7 Å². The molecule has 192 valence electrons. The van der Waals surface area contributed by atoms with Gasteiger partial charge in [-0.25, -0.2) is 0 Å². The molecule has 37 heavy (non-hydrogen) atoms. The van der Waals surface area contributed by atoms with Crippen LogP contribution in [0.2, 0.25) is 5.02 Å². The molecule has 0 bridgehead atoms. The average Bonchev–Trinajstić information content (AvgIpc) is 3.34. The Kier molecular flexibility index (Phi) is 7.41. The van der Waals surface area contributed by atoms with Crippen molar-refractivity contribution in [2.24, 2.45) is 0 Å². The summed E-state index contributed by atoms with van der Waals surface area (Å²) >= 11 is 6.91. The van der Waals surface area contributed by atoms with E-state index in [0.717, 1.165) is 49.5 Å². The third kappa shape index (κ3) is 5.18. The summed E-state index contributed by atoms with van der Waals surface area (Å²) in [6.07, 6.45) is 3.45. The van der Waals surface area contributed by atoms with Crippen LogP contribution in [0.3, 0.4) is 0 Å². The molecule has 1 fully saturated rings. The number of hydrogen-bond acceptors (Lipinski definition) is 7. The maximum absolute atomic E-state index is 11.0. The lowest BCUT2D eigenvalue weighted by Crippen LogP contribution is -2.35. The zero-order valence-corrected chi connectivity index (χ0v) is 21.9. The lowest BCUT2D eigenvalue weighted by Gasteiger charge is -2.26. The molecular weight excluding hydrogens is 490 g/mol. The predicted octanol–water partition coefficient (Wildman–Crippen LogP) is 5.32. The van der Waals surface area contributed by atoms with Gasteiger partial charge in [-0.3, -0.25) is 14.5 Å². The number of halogens is 1. The van der Waals surface area contributed by atoms with E-state index in [1.54, 1.807) is 25.6 Å². The van der Waals surface area contributed by atoms with Crippen molar-refractivity contribution in [3.63, 3.8) is 0 Å². The molecule has 2 aromatic heterocycles. The Morgan fingerprint density at radius 2 is 1.86 bits per heavy atom. The standard InChI is InChI=1S/C28H30ClN5O3/c1-18(2)21-14-22(25(35)15-26(21)36-3)28-32-31-27(20-5-4-8-30-16-20)34(28)24-7-6-19(13-23(24)29)17-33-9-11-37-12-10-33/h4-8,13-16,18,35H,9-12,17H2,1-3H3. The fourth-order valence-electron chi connectivity index (χ4n) is 4.61. The molecular formula is C28H30ClN5O3. The summed E-state index contributed by atoms with van der Waals surface area (Å²) in [4.78, 5) is 6.61. The van der Waals surface area contributed by atoms with Crippen LogP contribution >= 0.6 is 11.6 Å². The molecule has 5 rings (SSSR count). The SMILES string of the molecule is COc1cc(O)c(-c2nnc(-c3cccnc3)n2-c2ccc(CN3CCOCC3)cc2Cl)cc1C(C)C. The lowest BCUT2D eigenvalue weighted by molar-refractivity contribution is 0.0342. The van der Waals surface area contributed by atoms with Crippen LogP contribution in [-0.4, -0.2) is 63.2 Å². The molecule has 4 aromatic rings. The fraction of sp³-hybridized carbons (Fsp3) is 0.321. The Bertz CT molecular complexity index is 1380. The van der Waals surface area contributed by atoms with E-state index >= 15 is 0 Å². The molecule has 9 heteroatoms. The van der Waals surface area contributed by atoms with Gasteiger partial charge in [-0.15, -0.1) is 10.2 Å². The molecule has 0 radical (unpaired) electrons. The topological polar surface area (TPSA) is 85.5 Å². The molecule has 0 aliphatic carbocycles. The molecule has 0 unspecified atom stereocenters. The number of aromatic hydroxyl groups is 1. The van der Waals surface area contributed by atoms with Crippen molar-refractivity contribution in [3.05, 3.63) is 71.0 Å². The minimum Gasteiger partial charge on any atom is -0.507 e. The quantitative estimate of drug-likeness (QED) is 0.353. The molecule has 1 aliphatic heterocycles. The first-order valence-corrected chi connectivity index (χ1v) is 12.7. The summed E-state index contributed by atoms with van der Waals surface area (Å²) in [7, 11) is 1.60. The second-order valence-electron chi connectivity index (χ2n) is 9.36. The largest absolute Gasteiger partial charge is 0.507 e. The number of pyridine rings is 1. The summed E-state index contributed by atoms with van der Waals surface area (Å²) in [5.41, 5.74) is 4.11. The van der Waals surface area contributed by atoms with Crippen molar-refractivity contribution in [1.82, 2.24) is 24.6 Å². The van der Waals surface area contributed by atoms with Gasteiger partial charge in [-0.1, -0.05) is 31.5 Å². The lowest BCUT2D eigenvalue weighted by atomic mass is 9.98. The minimum absolute atomic E-state index is 0.0488. The van der Waals surface area contributed by atoms with Crippen molar-refractivity contribution >= 4 is 11.6 Å². The monoisotopic (exact) mass is 519 g/mol. The first-order valence-electron chi connectivity index (χ1n) is 12.3. The third-order valence-electron chi connectivity index (χ3n) is 6.56. The number of phenols is 1. The Labute approximate surface area is 221 Å². The van der Waals surface area contributed by atoms with E-state index in [9.17, 15) is 5.11 Å². The minimum atomic E-state index is 0.0488. The van der Waals surface area contributed by atoms with Crippen LogP contribution in [0.25, 0.3) is 28.5 Å². The van der Waals surface area contributed by atoms with Crippen molar-refractivity contribution in [1.29, 1.82) is 0 Å². The van der Waals surface area contributed by atoms with Gasteiger partial charge in [0.25, 0.3) is 0 Å². The van der Waals surface area contributed by atoms with Gasteiger partial charge >= 0.3 is 0 Å². The maximum atomic E-state index is 11.0. The second kappa shape index (κ2) is 10.9. The van der Waals surface area contributed by atoms with E-state index < -0.39 is 0 Å². The van der Waals surface area contributed by atoms with Gasteiger partial charge in [-0.05, 0) is 47.4 Å². The van der Waals surface area contributed by atoms with E-state index in [0.29, 0.717) is 33.7 Å². The van der Waals surface area contributed by atoms with Gasteiger partial charge in [0.15, 0.2) is 11.6 Å². The number of aromatic nitrogens is 4. The van der Waals surface area contributed by atoms with E-state index in [1.807, 2.05) is 34.9 Å². The highest BCUT2D eigenvalue weighted by molar-refractivity contribution is 6.32. The Balaban J connectivity index is 1.64. The number of hydrogen-bond donors (Lipinski definition) is 1. The number of rotatable bonds is 7. The van der Waals surface area contributed by atoms with Crippen LogP contribution in [0.5, 0.6) is 11.5 Å². The highest BCUT2D eigenvalue weighted by Gasteiger charge is 2.24. The number of ether oxygens (including phenoxy) is 2. The normalized spacial score (nSPS) is 14.3. The summed E-state index contributed by atoms with van der Waals surface area (Å²) in [5.74, 6) is 1.90. The van der Waals surface area contributed by atoms with Crippen molar-refractivity contribution in [3.8, 4) is 40.0 Å². The Morgan fingerprint density at radius 3 is 2.54 bits per heavy atom. The van der Waals surface area contributed by atoms with E-state index in [4.69, 9.17) is 21.1 Å². The smallest absolute Gasteiger partial charge is 0.172 e. The van der Waals surface area contributed by atoms with Crippen LogP contribution in [0.15, 0.2) is 54.9 Å². The fourth-order valence-corrected chi connectivity index (χ4v) is 4.90. The summed E-state index contributed by atoms with van der Waals surface area (Å²) in [6.45, 7) is 8.24. The van der Waals surface area contributed by atoms with Crippen molar-refractivity contribution < 1.29 is 14.6 Å². The molecule has 0 amide bonds. The molecule has 0 atom stereocenters. The van der Waals surface area contributed by atoms with Gasteiger partial charge in [0, 0.05) is 43.7 Å². The second-order valence-corrected chi connectivity index (χ2v) is 9.77. The van der Waals surface area contributed by atoms with E-state index in [2.05, 4.69) is 40.0 Å². The van der Waals surface area contributed by atoms with Crippen LogP contribution in [0.1, 0.15) is 30.9 Å². The molecule has 3 heterocycles. The molecule has 1 saturated heterocycles. The zero-order valence-electron chi connectivity index (χ0n) is 21.2. The molecule has 2 aromatic carbocycles. The number of phenolic OH excluding ortho intramolecular Hbond substituents is 1. The van der Waals surface area contributed by atoms with Crippen LogP contribution in [-0.2, 0) is 11.3 Å². The van der Waals surface area contributed by atoms with Crippen LogP contribution < -0.4 is 4.74 Å². The molecule has 1 N–H and O–H groups in total. The van der Waals surface area contributed by atoms with Crippen LogP contribution in [0, 0.1) is 0 Å². The highest BCUT2D eigenvalue weighted by atomic mass is 35.5. The molecule has 8 nitrogen and oxygen atoms in total. The summed E-state index contributed by atoms with van der Waals surface area (Å²) in [6, 6.07) is 13.3. The first kappa shape index (κ1) is 25.2. The first-order chi connectivity index (χ1) is 18.0. The molecule has 0 spiro atoms. The predicted molar refractivity (Wildman–Crippen MR) is 143 cm³/mol. The van der Waals surface area contributed by atoms with Gasteiger partial charge < -0.3 is 14.6 Å². The number of methoxy groups -OCH3 is 1. The van der Waals surface area contributed by atoms with Gasteiger partial charge in [0.2, 0.25) is 0 Å². The average molecular weight is 520 g/mol. The number of nitrogens with zero attached hydrogens (tertiary/aromatic N) is 5. The Morgan fingerprint density at radius 1 is 1.08 bits per heavy atom. The van der Waals surface area contributed by atoms with Crippen molar-refractivity contribution in [2.75, 3.05) is 33.4 Å². The van der Waals surface area contributed by atoms with Crippen molar-refractivity contribution in [2.45, 2.75) is 26.3 Å². The summed E-state index contributed by atoms with van der Waals surface area (Å²) in [5, 5.41) is 20.6. The van der Waals surface area contributed by atoms with Gasteiger partial charge in [0.05, 0.1) is 36.6 Å². The third-order valence-corrected chi connectivity index (χ3v) is 6.86. The van der Waals surface area contributed by atoms with E-state index in [1.165, 1.54) is 0 Å². The summed E-state index contributed by atoms with van der Waals surface area (Å²) < 4.78 is 12.9. The highest BCUT2D eigenvalue weighted by Crippen LogP contribution is 2.40. The number of benzene rings is 2. The molecule has 0 saturated carbocycles. The van der Waals surface area contributed by atoms with Gasteiger partial charge in [-0.2, -0.15) is 0 Å². The van der Waals surface area contributed by atoms with Crippen LogP contribution in [0.4, 0.5) is 0 Å². The zero-order chi connectivity index (χ0) is 25.9. The number of morpholine rings is 1. The van der Waals surface area contributed by atoms with Gasteiger partial charge in [0.1, 0.15) is 11.5 Å². The Hall–Kier alpha value is -3.46. The molecule has 1 aliphatic rings.